The number of alkyl halides is 3. The second-order valence-electron chi connectivity index (χ2n) is 5.72. The van der Waals surface area contributed by atoms with Gasteiger partial charge in [-0.2, -0.15) is 13.2 Å². The fraction of sp³-hybridized carbons (Fsp3) is 0.167. The molecule has 0 saturated carbocycles. The van der Waals surface area contributed by atoms with E-state index in [1.807, 2.05) is 0 Å². The number of imide groups is 1. The lowest BCUT2D eigenvalue weighted by Gasteiger charge is -2.16. The molecule has 0 unspecified atom stereocenters. The van der Waals surface area contributed by atoms with Crippen molar-refractivity contribution in [1.82, 2.24) is 0 Å². The van der Waals surface area contributed by atoms with E-state index in [1.54, 1.807) is 12.1 Å². The lowest BCUT2D eigenvalue weighted by molar-refractivity contribution is -0.137. The topological polar surface area (TPSA) is 74.7 Å². The average Bonchev–Trinajstić information content (AvgIpc) is 2.88. The van der Waals surface area contributed by atoms with Crippen LogP contribution in [0.5, 0.6) is 0 Å². The van der Waals surface area contributed by atoms with E-state index in [-0.39, 0.29) is 17.7 Å². The molecule has 0 radical (unpaired) electrons. The summed E-state index contributed by atoms with van der Waals surface area (Å²) in [7, 11) is 0. The van der Waals surface area contributed by atoms with Gasteiger partial charge in [0.1, 0.15) is 0 Å². The molecule has 1 saturated heterocycles. The number of hydrogen-bond donors (Lipinski definition) is 1. The smallest absolute Gasteiger partial charge is 0.416 e. The van der Waals surface area contributed by atoms with Crippen LogP contribution >= 0.6 is 11.8 Å². The average molecular weight is 395 g/mol. The summed E-state index contributed by atoms with van der Waals surface area (Å²) in [6, 6.07) is 9.82. The van der Waals surface area contributed by atoms with Crippen LogP contribution in [0.3, 0.4) is 0 Å². The zero-order valence-corrected chi connectivity index (χ0v) is 14.4. The molecule has 1 N–H and O–H groups in total. The van der Waals surface area contributed by atoms with Gasteiger partial charge in [-0.25, -0.2) is 9.69 Å². The molecule has 27 heavy (non-hydrogen) atoms. The fourth-order valence-corrected chi connectivity index (χ4v) is 3.84. The first-order valence-electron chi connectivity index (χ1n) is 7.71. The molecule has 140 valence electrons. The van der Waals surface area contributed by atoms with Crippen molar-refractivity contribution in [2.75, 3.05) is 4.90 Å². The van der Waals surface area contributed by atoms with Crippen molar-refractivity contribution in [3.05, 3.63) is 59.7 Å². The van der Waals surface area contributed by atoms with Crippen LogP contribution in [0.4, 0.5) is 18.9 Å². The van der Waals surface area contributed by atoms with Crippen LogP contribution in [0.1, 0.15) is 22.3 Å². The molecule has 1 heterocycles. The Bertz CT molecular complexity index is 912. The van der Waals surface area contributed by atoms with Gasteiger partial charge in [0.25, 0.3) is 0 Å². The van der Waals surface area contributed by atoms with Gasteiger partial charge in [0.15, 0.2) is 0 Å². The van der Waals surface area contributed by atoms with E-state index in [0.29, 0.717) is 4.90 Å². The lowest BCUT2D eigenvalue weighted by atomic mass is 10.2. The van der Waals surface area contributed by atoms with Crippen LogP contribution in [0.2, 0.25) is 0 Å². The molecule has 1 aliphatic rings. The van der Waals surface area contributed by atoms with Crippen LogP contribution in [-0.4, -0.2) is 28.1 Å². The SMILES string of the molecule is O=C(O)c1ccccc1S[C@H]1CC(=O)N(c2ccc(C(F)(F)F)cc2)C1=O. The molecule has 5 nitrogen and oxygen atoms in total. The van der Waals surface area contributed by atoms with Crippen LogP contribution in [0.15, 0.2) is 53.4 Å². The Hall–Kier alpha value is -2.81. The summed E-state index contributed by atoms with van der Waals surface area (Å²) in [6.45, 7) is 0. The van der Waals surface area contributed by atoms with Crippen molar-refractivity contribution >= 4 is 35.2 Å². The Morgan fingerprint density at radius 3 is 2.30 bits per heavy atom. The Morgan fingerprint density at radius 2 is 1.70 bits per heavy atom. The molecule has 2 amide bonds. The molecule has 1 aliphatic heterocycles. The van der Waals surface area contributed by atoms with Gasteiger partial charge in [0.2, 0.25) is 11.8 Å². The number of thioether (sulfide) groups is 1. The predicted molar refractivity (Wildman–Crippen MR) is 91.6 cm³/mol. The third-order valence-corrected chi connectivity index (χ3v) is 5.21. The number of aromatic carboxylic acids is 1. The molecule has 9 heteroatoms. The minimum atomic E-state index is -4.52. The van der Waals surface area contributed by atoms with Crippen LogP contribution in [0, 0.1) is 0 Å². The molecule has 0 bridgehead atoms. The van der Waals surface area contributed by atoms with Crippen molar-refractivity contribution in [1.29, 1.82) is 0 Å². The highest BCUT2D eigenvalue weighted by Gasteiger charge is 2.41. The van der Waals surface area contributed by atoms with Gasteiger partial charge in [-0.15, -0.1) is 11.8 Å². The summed E-state index contributed by atoms with van der Waals surface area (Å²) in [5.74, 6) is -2.30. The predicted octanol–water partition coefficient (Wildman–Crippen LogP) is 3.83. The lowest BCUT2D eigenvalue weighted by Crippen LogP contribution is -2.31. The van der Waals surface area contributed by atoms with E-state index in [4.69, 9.17) is 0 Å². The Labute approximate surface area is 155 Å². The number of hydrogen-bond acceptors (Lipinski definition) is 4. The second kappa shape index (κ2) is 7.07. The zero-order chi connectivity index (χ0) is 19.8. The molecule has 0 aliphatic carbocycles. The summed E-state index contributed by atoms with van der Waals surface area (Å²) in [6.07, 6.45) is -4.69. The third kappa shape index (κ3) is 3.82. The summed E-state index contributed by atoms with van der Waals surface area (Å²) in [5, 5.41) is 8.36. The third-order valence-electron chi connectivity index (χ3n) is 3.94. The maximum atomic E-state index is 12.7. The number of benzene rings is 2. The van der Waals surface area contributed by atoms with E-state index >= 15 is 0 Å². The first kappa shape index (κ1) is 19.0. The number of halogens is 3. The van der Waals surface area contributed by atoms with Gasteiger partial charge < -0.3 is 5.11 Å². The van der Waals surface area contributed by atoms with E-state index in [2.05, 4.69) is 0 Å². The fourth-order valence-electron chi connectivity index (χ4n) is 2.67. The Balaban J connectivity index is 1.83. The molecule has 2 aromatic rings. The number of carbonyl (C=O) groups is 3. The molecule has 2 aromatic carbocycles. The number of carboxylic acid groups (broad SMARTS) is 1. The number of carbonyl (C=O) groups excluding carboxylic acids is 2. The van der Waals surface area contributed by atoms with E-state index in [0.717, 1.165) is 40.9 Å². The van der Waals surface area contributed by atoms with Crippen molar-refractivity contribution in [3.8, 4) is 0 Å². The van der Waals surface area contributed by atoms with Crippen molar-refractivity contribution in [2.45, 2.75) is 22.7 Å². The minimum Gasteiger partial charge on any atom is -0.478 e. The molecule has 3 rings (SSSR count). The van der Waals surface area contributed by atoms with Gasteiger partial charge in [-0.1, -0.05) is 12.1 Å². The number of amides is 2. The number of carboxylic acids is 1. The highest BCUT2D eigenvalue weighted by atomic mass is 32.2. The van der Waals surface area contributed by atoms with Gasteiger partial charge in [-0.05, 0) is 36.4 Å². The highest BCUT2D eigenvalue weighted by Crippen LogP contribution is 2.36. The second-order valence-corrected chi connectivity index (χ2v) is 6.97. The Morgan fingerprint density at radius 1 is 1.07 bits per heavy atom. The first-order chi connectivity index (χ1) is 12.7. The molecule has 1 fully saturated rings. The van der Waals surface area contributed by atoms with Crippen LogP contribution in [0.25, 0.3) is 0 Å². The summed E-state index contributed by atoms with van der Waals surface area (Å²) in [5.41, 5.74) is -0.824. The zero-order valence-electron chi connectivity index (χ0n) is 13.6. The van der Waals surface area contributed by atoms with Gasteiger partial charge >= 0.3 is 12.1 Å². The first-order valence-corrected chi connectivity index (χ1v) is 8.59. The maximum absolute atomic E-state index is 12.7. The standard InChI is InChI=1S/C18H12F3NO4S/c19-18(20,21)10-5-7-11(8-6-10)22-15(23)9-14(16(22)24)27-13-4-2-1-3-12(13)17(25)26/h1-8,14H,9H2,(H,25,26)/t14-/m0/s1. The summed E-state index contributed by atoms with van der Waals surface area (Å²) < 4.78 is 38.0. The summed E-state index contributed by atoms with van der Waals surface area (Å²) in [4.78, 5) is 37.3. The molecular formula is C18H12F3NO4S. The van der Waals surface area contributed by atoms with E-state index < -0.39 is 34.8 Å². The number of rotatable bonds is 4. The van der Waals surface area contributed by atoms with Crippen molar-refractivity contribution in [2.24, 2.45) is 0 Å². The quantitative estimate of drug-likeness (QED) is 0.797. The summed E-state index contributed by atoms with van der Waals surface area (Å²) >= 11 is 0.951. The van der Waals surface area contributed by atoms with Crippen LogP contribution < -0.4 is 4.90 Å². The number of anilines is 1. The van der Waals surface area contributed by atoms with Crippen molar-refractivity contribution < 1.29 is 32.7 Å². The van der Waals surface area contributed by atoms with Gasteiger partial charge in [0, 0.05) is 11.3 Å². The largest absolute Gasteiger partial charge is 0.478 e. The van der Waals surface area contributed by atoms with Gasteiger partial charge in [0.05, 0.1) is 22.1 Å². The number of nitrogens with zero attached hydrogens (tertiary/aromatic N) is 1. The molecular weight excluding hydrogens is 383 g/mol. The van der Waals surface area contributed by atoms with Crippen molar-refractivity contribution in [3.63, 3.8) is 0 Å². The van der Waals surface area contributed by atoms with Crippen LogP contribution in [-0.2, 0) is 15.8 Å². The normalized spacial score (nSPS) is 17.4. The molecule has 1 atom stereocenters. The van der Waals surface area contributed by atoms with E-state index in [9.17, 15) is 32.7 Å². The van der Waals surface area contributed by atoms with Gasteiger partial charge in [-0.3, -0.25) is 9.59 Å². The molecule has 0 spiro atoms. The Kier molecular flexibility index (Phi) is 4.97. The highest BCUT2D eigenvalue weighted by molar-refractivity contribution is 8.00. The monoisotopic (exact) mass is 395 g/mol. The van der Waals surface area contributed by atoms with E-state index in [1.165, 1.54) is 12.1 Å². The maximum Gasteiger partial charge on any atom is 0.416 e. The minimum absolute atomic E-state index is 0.00993. The molecule has 0 aromatic heterocycles.